The third-order valence-electron chi connectivity index (χ3n) is 1.19. The van der Waals surface area contributed by atoms with Crippen LogP contribution in [0.2, 0.25) is 0 Å². The van der Waals surface area contributed by atoms with E-state index in [1.807, 2.05) is 0 Å². The van der Waals surface area contributed by atoms with E-state index in [4.69, 9.17) is 0 Å². The van der Waals surface area contributed by atoms with Crippen molar-refractivity contribution in [2.45, 2.75) is 39.3 Å². The normalized spacial score (nSPS) is 13.4. The number of methoxy groups -OCH3 is 2. The first-order valence-corrected chi connectivity index (χ1v) is 3.99. The van der Waals surface area contributed by atoms with Gasteiger partial charge in [0.2, 0.25) is 0 Å². The Morgan fingerprint density at radius 3 is 1.15 bits per heavy atom. The summed E-state index contributed by atoms with van der Waals surface area (Å²) in [6.45, 7) is 3.59. The van der Waals surface area contributed by atoms with Crippen LogP contribution >= 0.6 is 0 Å². The molecule has 0 saturated heterocycles. The third-order valence-corrected chi connectivity index (χ3v) is 1.19. The molecule has 0 aliphatic heterocycles. The molecule has 2 atom stereocenters. The van der Waals surface area contributed by atoms with Gasteiger partial charge in [-0.25, -0.2) is 0 Å². The van der Waals surface area contributed by atoms with Gasteiger partial charge in [0.25, 0.3) is 0 Å². The predicted octanol–water partition coefficient (Wildman–Crippen LogP) is -0.922. The Balaban J connectivity index is -0.000000143. The molecular weight excluding hydrogens is 200 g/mol. The summed E-state index contributed by atoms with van der Waals surface area (Å²) in [4.78, 5) is 0. The van der Waals surface area contributed by atoms with Crippen molar-refractivity contribution in [2.75, 3.05) is 14.2 Å². The summed E-state index contributed by atoms with van der Waals surface area (Å²) < 4.78 is 8.69. The number of hydrogen-bond donors (Lipinski definition) is 0. The second-order valence-corrected chi connectivity index (χ2v) is 2.15. The molecule has 5 heteroatoms. The van der Waals surface area contributed by atoms with Gasteiger partial charge in [-0.15, -0.1) is 0 Å². The zero-order valence-corrected chi connectivity index (χ0v) is 11.1. The monoisotopic (exact) mass is 218 g/mol. The first-order valence-electron chi connectivity index (χ1n) is 3.99. The van der Waals surface area contributed by atoms with Crippen molar-refractivity contribution in [2.24, 2.45) is 0 Å². The van der Waals surface area contributed by atoms with Crippen LogP contribution in [0, 0.1) is 0 Å². The average Bonchev–Trinajstić information content (AvgIpc) is 2.16. The van der Waals surface area contributed by atoms with Crippen molar-refractivity contribution in [1.29, 1.82) is 0 Å². The maximum Gasteiger partial charge on any atom is 2.00 e. The summed E-state index contributed by atoms with van der Waals surface area (Å²) in [7, 11) is 2.84. The SMILES string of the molecule is CCC([O-])OC.CCC([O-])OC.[Ca+2]. The Hall–Kier alpha value is 1.10. The van der Waals surface area contributed by atoms with Crippen LogP contribution in [0.4, 0.5) is 0 Å². The van der Waals surface area contributed by atoms with E-state index in [1.165, 1.54) is 14.2 Å². The minimum absolute atomic E-state index is 0. The minimum atomic E-state index is -0.815. The molecule has 0 amide bonds. The predicted molar refractivity (Wildman–Crippen MR) is 47.9 cm³/mol. The Morgan fingerprint density at radius 2 is 1.15 bits per heavy atom. The summed E-state index contributed by atoms with van der Waals surface area (Å²) in [5.74, 6) is 0. The average molecular weight is 218 g/mol. The second-order valence-electron chi connectivity index (χ2n) is 2.15. The molecule has 76 valence electrons. The number of hydrogen-bond acceptors (Lipinski definition) is 4. The van der Waals surface area contributed by atoms with Gasteiger partial charge in [-0.1, -0.05) is 13.8 Å². The van der Waals surface area contributed by atoms with Gasteiger partial charge in [0.15, 0.2) is 0 Å². The first kappa shape index (κ1) is 19.6. The van der Waals surface area contributed by atoms with Gasteiger partial charge in [-0.05, 0) is 25.4 Å². The van der Waals surface area contributed by atoms with Crippen molar-refractivity contribution in [1.82, 2.24) is 0 Å². The van der Waals surface area contributed by atoms with E-state index >= 15 is 0 Å². The van der Waals surface area contributed by atoms with Crippen LogP contribution in [0.5, 0.6) is 0 Å². The topological polar surface area (TPSA) is 64.6 Å². The zero-order chi connectivity index (χ0) is 9.98. The van der Waals surface area contributed by atoms with Crippen LogP contribution in [0.1, 0.15) is 26.7 Å². The molecule has 2 unspecified atom stereocenters. The molecule has 0 aromatic rings. The van der Waals surface area contributed by atoms with Gasteiger partial charge in [-0.3, -0.25) is 0 Å². The summed E-state index contributed by atoms with van der Waals surface area (Å²) >= 11 is 0. The Morgan fingerprint density at radius 1 is 0.923 bits per heavy atom. The Labute approximate surface area is 110 Å². The quantitative estimate of drug-likeness (QED) is 0.452. The van der Waals surface area contributed by atoms with Gasteiger partial charge < -0.3 is 19.7 Å². The van der Waals surface area contributed by atoms with E-state index in [2.05, 4.69) is 9.47 Å². The molecule has 0 spiro atoms. The van der Waals surface area contributed by atoms with E-state index in [0.717, 1.165) is 0 Å². The van der Waals surface area contributed by atoms with E-state index in [-0.39, 0.29) is 37.7 Å². The maximum absolute atomic E-state index is 10.0. The van der Waals surface area contributed by atoms with Crippen molar-refractivity contribution < 1.29 is 19.7 Å². The molecule has 4 nitrogen and oxygen atoms in total. The molecule has 0 aliphatic rings. The summed E-state index contributed by atoms with van der Waals surface area (Å²) in [5, 5.41) is 20.1. The molecule has 0 saturated carbocycles. The Bertz CT molecular complexity index is 64.5. The molecule has 0 rings (SSSR count). The summed E-state index contributed by atoms with van der Waals surface area (Å²) in [6, 6.07) is 0. The molecule has 13 heavy (non-hydrogen) atoms. The van der Waals surface area contributed by atoms with E-state index < -0.39 is 12.6 Å². The van der Waals surface area contributed by atoms with Gasteiger partial charge in [-0.2, -0.15) is 0 Å². The fourth-order valence-electron chi connectivity index (χ4n) is 0.333. The van der Waals surface area contributed by atoms with Gasteiger partial charge in [0.05, 0.1) is 0 Å². The molecule has 0 aliphatic carbocycles. The molecular formula is C8H18CaO4. The molecule has 0 heterocycles. The molecule has 0 aromatic carbocycles. The minimum Gasteiger partial charge on any atom is -0.831 e. The molecule has 0 bridgehead atoms. The van der Waals surface area contributed by atoms with Gasteiger partial charge in [0.1, 0.15) is 0 Å². The zero-order valence-electron chi connectivity index (χ0n) is 8.91. The van der Waals surface area contributed by atoms with Crippen LogP contribution < -0.4 is 10.2 Å². The van der Waals surface area contributed by atoms with Gasteiger partial charge in [0, 0.05) is 14.2 Å². The number of rotatable bonds is 4. The second kappa shape index (κ2) is 15.6. The van der Waals surface area contributed by atoms with Crippen molar-refractivity contribution >= 4 is 37.7 Å². The first-order chi connectivity index (χ1) is 5.62. The fourth-order valence-corrected chi connectivity index (χ4v) is 0.333. The maximum atomic E-state index is 10.0. The smallest absolute Gasteiger partial charge is 0.831 e. The fraction of sp³-hybridized carbons (Fsp3) is 1.00. The molecule has 0 N–H and O–H groups in total. The van der Waals surface area contributed by atoms with Crippen LogP contribution in [0.3, 0.4) is 0 Å². The van der Waals surface area contributed by atoms with Crippen LogP contribution in [-0.2, 0) is 9.47 Å². The van der Waals surface area contributed by atoms with Crippen LogP contribution in [-0.4, -0.2) is 64.5 Å². The Kier molecular flexibility index (Phi) is 23.5. The van der Waals surface area contributed by atoms with E-state index in [1.54, 1.807) is 13.8 Å². The van der Waals surface area contributed by atoms with Gasteiger partial charge >= 0.3 is 37.7 Å². The summed E-state index contributed by atoms with van der Waals surface area (Å²) in [6.07, 6.45) is -0.525. The summed E-state index contributed by atoms with van der Waals surface area (Å²) in [5.41, 5.74) is 0. The molecule has 0 radical (unpaired) electrons. The molecule has 0 aromatic heterocycles. The molecule has 0 fully saturated rings. The third kappa shape index (κ3) is 19.5. The van der Waals surface area contributed by atoms with Crippen molar-refractivity contribution in [3.63, 3.8) is 0 Å². The standard InChI is InChI=1S/2C4H9O2.Ca/c2*1-3-4(5)6-2;/h2*4H,3H2,1-2H3;/q2*-1;+2. The van der Waals surface area contributed by atoms with E-state index in [9.17, 15) is 10.2 Å². The van der Waals surface area contributed by atoms with E-state index in [0.29, 0.717) is 12.8 Å². The largest absolute Gasteiger partial charge is 2.00 e. The van der Waals surface area contributed by atoms with Crippen LogP contribution in [0.15, 0.2) is 0 Å². The number of ether oxygens (including phenoxy) is 2. The van der Waals surface area contributed by atoms with Crippen molar-refractivity contribution in [3.8, 4) is 0 Å². The van der Waals surface area contributed by atoms with Crippen molar-refractivity contribution in [3.05, 3.63) is 0 Å². The van der Waals surface area contributed by atoms with Crippen LogP contribution in [0.25, 0.3) is 0 Å².